The minimum atomic E-state index is -0.286. The van der Waals surface area contributed by atoms with Crippen LogP contribution in [0.3, 0.4) is 0 Å². The first-order valence-electron chi connectivity index (χ1n) is 8.75. The van der Waals surface area contributed by atoms with Crippen molar-refractivity contribution in [3.8, 4) is 0 Å². The van der Waals surface area contributed by atoms with E-state index in [2.05, 4.69) is 24.5 Å². The maximum absolute atomic E-state index is 12.6. The number of nitrogens with one attached hydrogen (secondary N) is 2. The molecule has 1 aliphatic carbocycles. The SMILES string of the molecule is CC(C)CCN(C(=O)NCC1(C)CCC(=O)N1)C1CCCC1. The second-order valence-corrected chi connectivity index (χ2v) is 7.58. The molecule has 1 atom stereocenters. The zero-order valence-electron chi connectivity index (χ0n) is 14.3. The number of amides is 3. The minimum absolute atomic E-state index is 0.0370. The van der Waals surface area contributed by atoms with Gasteiger partial charge in [0.15, 0.2) is 0 Å². The van der Waals surface area contributed by atoms with E-state index in [0.717, 1.165) is 32.2 Å². The standard InChI is InChI=1S/C17H31N3O2/c1-13(2)9-11-20(14-6-4-5-7-14)16(22)18-12-17(3)10-8-15(21)19-17/h13-14H,4-12H2,1-3H3,(H,18,22)(H,19,21). The Morgan fingerprint density at radius 2 is 2.09 bits per heavy atom. The van der Waals surface area contributed by atoms with Gasteiger partial charge in [-0.25, -0.2) is 4.79 Å². The fourth-order valence-electron chi connectivity index (χ4n) is 3.42. The summed E-state index contributed by atoms with van der Waals surface area (Å²) in [4.78, 5) is 26.0. The summed E-state index contributed by atoms with van der Waals surface area (Å²) in [6.45, 7) is 7.74. The highest BCUT2D eigenvalue weighted by Crippen LogP contribution is 2.24. The van der Waals surface area contributed by atoms with Crippen LogP contribution in [-0.4, -0.2) is 41.5 Å². The average Bonchev–Trinajstić information content (AvgIpc) is 3.07. The quantitative estimate of drug-likeness (QED) is 0.792. The molecule has 1 unspecified atom stereocenters. The molecule has 22 heavy (non-hydrogen) atoms. The Bertz CT molecular complexity index is 405. The lowest BCUT2D eigenvalue weighted by Gasteiger charge is -2.32. The predicted octanol–water partition coefficient (Wildman–Crippen LogP) is 2.66. The van der Waals surface area contributed by atoms with Crippen molar-refractivity contribution in [2.24, 2.45) is 5.92 Å². The number of nitrogens with zero attached hydrogens (tertiary/aromatic N) is 1. The van der Waals surface area contributed by atoms with Crippen LogP contribution in [0.5, 0.6) is 0 Å². The van der Waals surface area contributed by atoms with Crippen molar-refractivity contribution in [2.75, 3.05) is 13.1 Å². The van der Waals surface area contributed by atoms with Crippen LogP contribution in [0.4, 0.5) is 4.79 Å². The van der Waals surface area contributed by atoms with Crippen LogP contribution < -0.4 is 10.6 Å². The maximum Gasteiger partial charge on any atom is 0.317 e. The largest absolute Gasteiger partial charge is 0.349 e. The zero-order valence-corrected chi connectivity index (χ0v) is 14.3. The van der Waals surface area contributed by atoms with E-state index in [4.69, 9.17) is 0 Å². The van der Waals surface area contributed by atoms with E-state index in [1.54, 1.807) is 0 Å². The molecule has 2 N–H and O–H groups in total. The molecular formula is C17H31N3O2. The van der Waals surface area contributed by atoms with Crippen LogP contribution in [0.1, 0.15) is 65.7 Å². The van der Waals surface area contributed by atoms with Gasteiger partial charge in [0.05, 0.1) is 5.54 Å². The van der Waals surface area contributed by atoms with E-state index < -0.39 is 0 Å². The lowest BCUT2D eigenvalue weighted by atomic mass is 10.0. The molecular weight excluding hydrogens is 278 g/mol. The van der Waals surface area contributed by atoms with E-state index in [1.807, 2.05) is 11.8 Å². The van der Waals surface area contributed by atoms with Gasteiger partial charge in [-0.3, -0.25) is 4.79 Å². The maximum atomic E-state index is 12.6. The van der Waals surface area contributed by atoms with Crippen LogP contribution >= 0.6 is 0 Å². The van der Waals surface area contributed by atoms with Crippen LogP contribution in [0.2, 0.25) is 0 Å². The Hall–Kier alpha value is -1.26. The van der Waals surface area contributed by atoms with Crippen molar-refractivity contribution < 1.29 is 9.59 Å². The predicted molar refractivity (Wildman–Crippen MR) is 87.6 cm³/mol. The van der Waals surface area contributed by atoms with E-state index in [0.29, 0.717) is 24.9 Å². The zero-order chi connectivity index (χ0) is 16.2. The van der Waals surface area contributed by atoms with Gasteiger partial charge in [-0.05, 0) is 38.5 Å². The van der Waals surface area contributed by atoms with Crippen molar-refractivity contribution in [1.82, 2.24) is 15.5 Å². The van der Waals surface area contributed by atoms with Crippen LogP contribution in [-0.2, 0) is 4.79 Å². The van der Waals surface area contributed by atoms with E-state index >= 15 is 0 Å². The van der Waals surface area contributed by atoms with Crippen molar-refractivity contribution in [3.05, 3.63) is 0 Å². The molecule has 2 aliphatic rings. The highest BCUT2D eigenvalue weighted by Gasteiger charge is 2.34. The van der Waals surface area contributed by atoms with E-state index in [-0.39, 0.29) is 17.5 Å². The number of rotatable bonds is 6. The summed E-state index contributed by atoms with van der Waals surface area (Å²) in [6, 6.07) is 0.430. The third-order valence-electron chi connectivity index (χ3n) is 4.95. The third kappa shape index (κ3) is 4.62. The molecule has 2 rings (SSSR count). The molecule has 0 aromatic carbocycles. The van der Waals surface area contributed by atoms with Crippen molar-refractivity contribution in [2.45, 2.75) is 77.3 Å². The first kappa shape index (κ1) is 17.1. The minimum Gasteiger partial charge on any atom is -0.349 e. The Balaban J connectivity index is 1.88. The van der Waals surface area contributed by atoms with Crippen molar-refractivity contribution in [1.29, 1.82) is 0 Å². The molecule has 0 bridgehead atoms. The van der Waals surface area contributed by atoms with Crippen LogP contribution in [0, 0.1) is 5.92 Å². The Morgan fingerprint density at radius 1 is 1.41 bits per heavy atom. The van der Waals surface area contributed by atoms with E-state index in [9.17, 15) is 9.59 Å². The first-order chi connectivity index (χ1) is 10.4. The Labute approximate surface area is 134 Å². The van der Waals surface area contributed by atoms with Gasteiger partial charge in [0.1, 0.15) is 0 Å². The summed E-state index contributed by atoms with van der Waals surface area (Å²) >= 11 is 0. The van der Waals surface area contributed by atoms with Gasteiger partial charge in [0.2, 0.25) is 5.91 Å². The van der Waals surface area contributed by atoms with Crippen LogP contribution in [0.25, 0.3) is 0 Å². The molecule has 2 fully saturated rings. The number of carbonyl (C=O) groups is 2. The number of carbonyl (C=O) groups excluding carboxylic acids is 2. The second-order valence-electron chi connectivity index (χ2n) is 7.58. The molecule has 1 saturated carbocycles. The molecule has 126 valence electrons. The molecule has 1 heterocycles. The average molecular weight is 309 g/mol. The summed E-state index contributed by atoms with van der Waals surface area (Å²) in [5.41, 5.74) is -0.286. The molecule has 1 saturated heterocycles. The fraction of sp³-hybridized carbons (Fsp3) is 0.882. The summed E-state index contributed by atoms with van der Waals surface area (Å²) in [6.07, 6.45) is 7.10. The van der Waals surface area contributed by atoms with E-state index in [1.165, 1.54) is 12.8 Å². The Kier molecular flexibility index (Phi) is 5.70. The lowest BCUT2D eigenvalue weighted by Crippen LogP contribution is -2.53. The van der Waals surface area contributed by atoms with Crippen molar-refractivity contribution in [3.63, 3.8) is 0 Å². The highest BCUT2D eigenvalue weighted by molar-refractivity contribution is 5.80. The number of urea groups is 1. The molecule has 0 spiro atoms. The Morgan fingerprint density at radius 3 is 2.64 bits per heavy atom. The number of hydrogen-bond donors (Lipinski definition) is 2. The van der Waals surface area contributed by atoms with Crippen LogP contribution in [0.15, 0.2) is 0 Å². The fourth-order valence-corrected chi connectivity index (χ4v) is 3.42. The number of hydrogen-bond acceptors (Lipinski definition) is 2. The van der Waals surface area contributed by atoms with Gasteiger partial charge in [0, 0.05) is 25.6 Å². The summed E-state index contributed by atoms with van der Waals surface area (Å²) < 4.78 is 0. The molecule has 3 amide bonds. The van der Waals surface area contributed by atoms with Crippen molar-refractivity contribution >= 4 is 11.9 Å². The highest BCUT2D eigenvalue weighted by atomic mass is 16.2. The first-order valence-corrected chi connectivity index (χ1v) is 8.75. The van der Waals surface area contributed by atoms with Gasteiger partial charge in [0.25, 0.3) is 0 Å². The second kappa shape index (κ2) is 7.34. The molecule has 1 aliphatic heterocycles. The molecule has 0 aromatic rings. The van der Waals surface area contributed by atoms with Gasteiger partial charge < -0.3 is 15.5 Å². The van der Waals surface area contributed by atoms with Gasteiger partial charge in [-0.2, -0.15) is 0 Å². The van der Waals surface area contributed by atoms with Gasteiger partial charge in [-0.1, -0.05) is 26.7 Å². The molecule has 0 radical (unpaired) electrons. The summed E-state index contributed by atoms with van der Waals surface area (Å²) in [5.74, 6) is 0.688. The third-order valence-corrected chi connectivity index (χ3v) is 4.95. The summed E-state index contributed by atoms with van der Waals surface area (Å²) in [7, 11) is 0. The lowest BCUT2D eigenvalue weighted by molar-refractivity contribution is -0.119. The normalized spacial score (nSPS) is 25.5. The molecule has 5 heteroatoms. The smallest absolute Gasteiger partial charge is 0.317 e. The van der Waals surface area contributed by atoms with Gasteiger partial charge in [-0.15, -0.1) is 0 Å². The monoisotopic (exact) mass is 309 g/mol. The molecule has 0 aromatic heterocycles. The topological polar surface area (TPSA) is 61.4 Å². The summed E-state index contributed by atoms with van der Waals surface area (Å²) in [5, 5.41) is 6.03. The van der Waals surface area contributed by atoms with Gasteiger partial charge >= 0.3 is 6.03 Å². The molecule has 5 nitrogen and oxygen atoms in total.